The van der Waals surface area contributed by atoms with Crippen LogP contribution in [0.1, 0.15) is 23.2 Å². The SMILES string of the molecule is COCCCN(CCOC)CCC(=O)c1cccc(F)c1. The smallest absolute Gasteiger partial charge is 0.164 e. The molecule has 1 aromatic rings. The van der Waals surface area contributed by atoms with Crippen LogP contribution >= 0.6 is 0 Å². The number of methoxy groups -OCH3 is 2. The summed E-state index contributed by atoms with van der Waals surface area (Å²) in [4.78, 5) is 14.2. The molecule has 0 aliphatic carbocycles. The lowest BCUT2D eigenvalue weighted by molar-refractivity contribution is 0.0940. The molecule has 0 aromatic heterocycles. The van der Waals surface area contributed by atoms with Crippen LogP contribution in [0.2, 0.25) is 0 Å². The Morgan fingerprint density at radius 2 is 1.90 bits per heavy atom. The molecule has 1 rings (SSSR count). The van der Waals surface area contributed by atoms with Crippen LogP contribution in [-0.4, -0.2) is 57.8 Å². The average molecular weight is 297 g/mol. The van der Waals surface area contributed by atoms with Crippen LogP contribution in [0.25, 0.3) is 0 Å². The van der Waals surface area contributed by atoms with Crippen molar-refractivity contribution in [2.24, 2.45) is 0 Å². The molecule has 118 valence electrons. The van der Waals surface area contributed by atoms with Gasteiger partial charge in [-0.05, 0) is 18.6 Å². The number of benzene rings is 1. The average Bonchev–Trinajstić information content (AvgIpc) is 2.49. The van der Waals surface area contributed by atoms with Gasteiger partial charge in [-0.25, -0.2) is 4.39 Å². The number of rotatable bonds is 11. The lowest BCUT2D eigenvalue weighted by atomic mass is 10.1. The third kappa shape index (κ3) is 7.32. The summed E-state index contributed by atoms with van der Waals surface area (Å²) in [5, 5.41) is 0. The van der Waals surface area contributed by atoms with Crippen molar-refractivity contribution in [3.05, 3.63) is 35.6 Å². The minimum Gasteiger partial charge on any atom is -0.385 e. The molecule has 5 heteroatoms. The molecule has 0 amide bonds. The van der Waals surface area contributed by atoms with E-state index in [-0.39, 0.29) is 11.6 Å². The number of ketones is 1. The first-order valence-electron chi connectivity index (χ1n) is 7.16. The van der Waals surface area contributed by atoms with Gasteiger partial charge < -0.3 is 14.4 Å². The monoisotopic (exact) mass is 297 g/mol. The number of ether oxygens (including phenoxy) is 2. The fourth-order valence-corrected chi connectivity index (χ4v) is 2.05. The van der Waals surface area contributed by atoms with Crippen molar-refractivity contribution in [2.45, 2.75) is 12.8 Å². The highest BCUT2D eigenvalue weighted by Gasteiger charge is 2.10. The van der Waals surface area contributed by atoms with Gasteiger partial charge in [-0.1, -0.05) is 12.1 Å². The second kappa shape index (κ2) is 10.4. The van der Waals surface area contributed by atoms with Crippen molar-refractivity contribution in [2.75, 3.05) is 47.1 Å². The highest BCUT2D eigenvalue weighted by atomic mass is 19.1. The van der Waals surface area contributed by atoms with Crippen molar-refractivity contribution >= 4 is 5.78 Å². The van der Waals surface area contributed by atoms with Gasteiger partial charge in [0.05, 0.1) is 6.61 Å². The molecule has 0 fully saturated rings. The van der Waals surface area contributed by atoms with Crippen molar-refractivity contribution in [1.29, 1.82) is 0 Å². The third-order valence-electron chi connectivity index (χ3n) is 3.24. The van der Waals surface area contributed by atoms with Crippen molar-refractivity contribution < 1.29 is 18.7 Å². The van der Waals surface area contributed by atoms with E-state index in [0.717, 1.165) is 19.5 Å². The number of hydrogen-bond donors (Lipinski definition) is 0. The van der Waals surface area contributed by atoms with Gasteiger partial charge in [0.25, 0.3) is 0 Å². The summed E-state index contributed by atoms with van der Waals surface area (Å²) in [6.45, 7) is 3.59. The molecular weight excluding hydrogens is 273 g/mol. The summed E-state index contributed by atoms with van der Waals surface area (Å²) < 4.78 is 23.2. The minimum atomic E-state index is -0.378. The molecule has 0 radical (unpaired) electrons. The molecule has 0 aliphatic heterocycles. The summed E-state index contributed by atoms with van der Waals surface area (Å²) in [6.07, 6.45) is 1.29. The number of hydrogen-bond acceptors (Lipinski definition) is 4. The van der Waals surface area contributed by atoms with E-state index in [1.54, 1.807) is 26.4 Å². The summed E-state index contributed by atoms with van der Waals surface area (Å²) in [5.74, 6) is -0.416. The Morgan fingerprint density at radius 3 is 2.57 bits per heavy atom. The van der Waals surface area contributed by atoms with E-state index in [4.69, 9.17) is 9.47 Å². The highest BCUT2D eigenvalue weighted by Crippen LogP contribution is 2.07. The first-order chi connectivity index (χ1) is 10.2. The van der Waals surface area contributed by atoms with E-state index in [9.17, 15) is 9.18 Å². The van der Waals surface area contributed by atoms with Gasteiger partial charge in [0, 0.05) is 52.4 Å². The minimum absolute atomic E-state index is 0.0383. The van der Waals surface area contributed by atoms with Crippen molar-refractivity contribution in [1.82, 2.24) is 4.90 Å². The fraction of sp³-hybridized carbons (Fsp3) is 0.562. The number of carbonyl (C=O) groups is 1. The van der Waals surface area contributed by atoms with Crippen LogP contribution in [0.15, 0.2) is 24.3 Å². The van der Waals surface area contributed by atoms with Crippen LogP contribution in [0, 0.1) is 5.82 Å². The van der Waals surface area contributed by atoms with E-state index in [2.05, 4.69) is 4.90 Å². The number of nitrogens with zero attached hydrogens (tertiary/aromatic N) is 1. The molecule has 0 aliphatic rings. The molecule has 0 N–H and O–H groups in total. The van der Waals surface area contributed by atoms with Crippen LogP contribution in [0.4, 0.5) is 4.39 Å². The van der Waals surface area contributed by atoms with Crippen LogP contribution < -0.4 is 0 Å². The lowest BCUT2D eigenvalue weighted by Gasteiger charge is -2.21. The van der Waals surface area contributed by atoms with Gasteiger partial charge in [-0.2, -0.15) is 0 Å². The lowest BCUT2D eigenvalue weighted by Crippen LogP contribution is -2.31. The van der Waals surface area contributed by atoms with Crippen LogP contribution in [-0.2, 0) is 9.47 Å². The van der Waals surface area contributed by atoms with E-state index >= 15 is 0 Å². The molecule has 0 saturated carbocycles. The van der Waals surface area contributed by atoms with Gasteiger partial charge in [0.1, 0.15) is 5.82 Å². The molecule has 0 unspecified atom stereocenters. The van der Waals surface area contributed by atoms with E-state index < -0.39 is 0 Å². The summed E-state index contributed by atoms with van der Waals surface area (Å²) in [6, 6.07) is 5.83. The maximum absolute atomic E-state index is 13.1. The normalized spacial score (nSPS) is 11.0. The quantitative estimate of drug-likeness (QED) is 0.464. The molecule has 0 bridgehead atoms. The second-order valence-corrected chi connectivity index (χ2v) is 4.86. The Morgan fingerprint density at radius 1 is 1.14 bits per heavy atom. The van der Waals surface area contributed by atoms with Crippen molar-refractivity contribution in [3.8, 4) is 0 Å². The maximum atomic E-state index is 13.1. The Kier molecular flexibility index (Phi) is 8.82. The standard InChI is InChI=1S/C16H24FNO3/c1-20-11-4-8-18(10-12-21-2)9-7-16(19)14-5-3-6-15(17)13-14/h3,5-6,13H,4,7-12H2,1-2H3. The molecule has 1 aromatic carbocycles. The molecule has 0 atom stereocenters. The predicted molar refractivity (Wildman–Crippen MR) is 80.2 cm³/mol. The predicted octanol–water partition coefficient (Wildman–Crippen LogP) is 2.38. The fourth-order valence-electron chi connectivity index (χ4n) is 2.05. The zero-order valence-corrected chi connectivity index (χ0v) is 12.8. The summed E-state index contributed by atoms with van der Waals surface area (Å²) >= 11 is 0. The van der Waals surface area contributed by atoms with Gasteiger partial charge in [0.2, 0.25) is 0 Å². The Labute approximate surface area is 125 Å². The zero-order chi connectivity index (χ0) is 15.5. The molecular formula is C16H24FNO3. The topological polar surface area (TPSA) is 38.8 Å². The maximum Gasteiger partial charge on any atom is 0.164 e. The first-order valence-corrected chi connectivity index (χ1v) is 7.16. The molecule has 0 heterocycles. The Hall–Kier alpha value is -1.30. The van der Waals surface area contributed by atoms with E-state index in [1.807, 2.05) is 0 Å². The Bertz CT molecular complexity index is 426. The van der Waals surface area contributed by atoms with Crippen molar-refractivity contribution in [3.63, 3.8) is 0 Å². The summed E-state index contributed by atoms with van der Waals surface area (Å²) in [5.41, 5.74) is 0.429. The van der Waals surface area contributed by atoms with E-state index in [0.29, 0.717) is 31.7 Å². The van der Waals surface area contributed by atoms with Gasteiger partial charge in [-0.3, -0.25) is 4.79 Å². The Balaban J connectivity index is 2.44. The number of halogens is 1. The van der Waals surface area contributed by atoms with Crippen LogP contribution in [0.3, 0.4) is 0 Å². The first kappa shape index (κ1) is 17.8. The van der Waals surface area contributed by atoms with Gasteiger partial charge in [-0.15, -0.1) is 0 Å². The molecule has 0 spiro atoms. The molecule has 4 nitrogen and oxygen atoms in total. The third-order valence-corrected chi connectivity index (χ3v) is 3.24. The largest absolute Gasteiger partial charge is 0.385 e. The molecule has 21 heavy (non-hydrogen) atoms. The number of carbonyl (C=O) groups excluding carboxylic acids is 1. The van der Waals surface area contributed by atoms with E-state index in [1.165, 1.54) is 12.1 Å². The van der Waals surface area contributed by atoms with Gasteiger partial charge >= 0.3 is 0 Å². The number of Topliss-reactive ketones (excluding diaryl/α,β-unsaturated/α-hetero) is 1. The summed E-state index contributed by atoms with van der Waals surface area (Å²) in [7, 11) is 3.33. The van der Waals surface area contributed by atoms with Gasteiger partial charge in [0.15, 0.2) is 5.78 Å². The zero-order valence-electron chi connectivity index (χ0n) is 12.8. The molecule has 0 saturated heterocycles. The highest BCUT2D eigenvalue weighted by molar-refractivity contribution is 5.96. The second-order valence-electron chi connectivity index (χ2n) is 4.86. The van der Waals surface area contributed by atoms with Crippen LogP contribution in [0.5, 0.6) is 0 Å².